The average molecular weight is 507 g/mol. The number of fused-ring (bicyclic) bond motifs is 1. The zero-order chi connectivity index (χ0) is 25.1. The normalized spacial score (nSPS) is 13.2. The first-order valence-electron chi connectivity index (χ1n) is 10.5. The molecule has 4 rings (SSSR count). The number of halogens is 3. The third-order valence-corrected chi connectivity index (χ3v) is 6.96. The molecular formula is C24H21F3N2O5S. The van der Waals surface area contributed by atoms with Crippen LogP contribution in [0, 0.1) is 0 Å². The molecule has 0 bridgehead atoms. The van der Waals surface area contributed by atoms with Gasteiger partial charge in [0.15, 0.2) is 11.5 Å². The fraction of sp³-hybridized carbons (Fsp3) is 0.208. The Bertz CT molecular complexity index is 1310. The topological polar surface area (TPSA) is 84.9 Å². The molecule has 1 N–H and O–H groups in total. The average Bonchev–Trinajstić information content (AvgIpc) is 2.86. The van der Waals surface area contributed by atoms with E-state index in [4.69, 9.17) is 9.47 Å². The lowest BCUT2D eigenvalue weighted by Gasteiger charge is -2.26. The summed E-state index contributed by atoms with van der Waals surface area (Å²) < 4.78 is 77.6. The summed E-state index contributed by atoms with van der Waals surface area (Å²) in [6, 6.07) is 16.6. The number of amides is 1. The number of hydrogen-bond acceptors (Lipinski definition) is 5. The van der Waals surface area contributed by atoms with E-state index in [1.807, 2.05) is 0 Å². The van der Waals surface area contributed by atoms with Crippen molar-refractivity contribution in [2.75, 3.05) is 24.1 Å². The van der Waals surface area contributed by atoms with Gasteiger partial charge in [0, 0.05) is 12.6 Å². The van der Waals surface area contributed by atoms with Gasteiger partial charge in [-0.15, -0.1) is 0 Å². The van der Waals surface area contributed by atoms with Gasteiger partial charge in [-0.3, -0.25) is 9.10 Å². The highest BCUT2D eigenvalue weighted by atomic mass is 32.2. The number of anilines is 1. The van der Waals surface area contributed by atoms with Crippen LogP contribution in [0.15, 0.2) is 77.7 Å². The van der Waals surface area contributed by atoms with Crippen molar-refractivity contribution in [3.05, 3.63) is 83.9 Å². The minimum absolute atomic E-state index is 0.0273. The van der Waals surface area contributed by atoms with Crippen LogP contribution >= 0.6 is 0 Å². The molecule has 35 heavy (non-hydrogen) atoms. The minimum Gasteiger partial charge on any atom is -0.486 e. The minimum atomic E-state index is -4.52. The summed E-state index contributed by atoms with van der Waals surface area (Å²) in [6.07, 6.45) is -4.52. The monoisotopic (exact) mass is 506 g/mol. The van der Waals surface area contributed by atoms with Gasteiger partial charge in [0.1, 0.15) is 19.8 Å². The molecule has 0 aromatic heterocycles. The molecule has 0 saturated heterocycles. The second kappa shape index (κ2) is 9.87. The maximum Gasteiger partial charge on any atom is 0.416 e. The molecule has 0 aliphatic carbocycles. The molecule has 0 radical (unpaired) electrons. The highest BCUT2D eigenvalue weighted by Crippen LogP contribution is 2.35. The van der Waals surface area contributed by atoms with E-state index in [2.05, 4.69) is 5.32 Å². The molecular weight excluding hydrogens is 485 g/mol. The van der Waals surface area contributed by atoms with Crippen LogP contribution in [0.4, 0.5) is 18.9 Å². The zero-order valence-electron chi connectivity index (χ0n) is 18.3. The second-order valence-electron chi connectivity index (χ2n) is 7.63. The molecule has 0 atom stereocenters. The lowest BCUT2D eigenvalue weighted by Crippen LogP contribution is -2.40. The van der Waals surface area contributed by atoms with Crippen molar-refractivity contribution in [1.82, 2.24) is 5.32 Å². The number of rotatable bonds is 7. The zero-order valence-corrected chi connectivity index (χ0v) is 19.1. The molecule has 0 spiro atoms. The van der Waals surface area contributed by atoms with E-state index in [-0.39, 0.29) is 22.7 Å². The Morgan fingerprint density at radius 1 is 0.914 bits per heavy atom. The number of carbonyl (C=O) groups excluding carboxylic acids is 1. The quantitative estimate of drug-likeness (QED) is 0.524. The van der Waals surface area contributed by atoms with Gasteiger partial charge in [0.2, 0.25) is 5.91 Å². The molecule has 0 saturated carbocycles. The molecule has 1 heterocycles. The summed E-state index contributed by atoms with van der Waals surface area (Å²) in [5.41, 5.74) is -0.439. The smallest absolute Gasteiger partial charge is 0.416 e. The molecule has 1 aliphatic rings. The van der Waals surface area contributed by atoms with Crippen LogP contribution in [0.1, 0.15) is 11.1 Å². The molecule has 1 amide bonds. The van der Waals surface area contributed by atoms with E-state index < -0.39 is 34.2 Å². The van der Waals surface area contributed by atoms with E-state index >= 15 is 0 Å². The Morgan fingerprint density at radius 2 is 1.63 bits per heavy atom. The molecule has 11 heteroatoms. The van der Waals surface area contributed by atoms with Gasteiger partial charge in [0.25, 0.3) is 10.0 Å². The van der Waals surface area contributed by atoms with E-state index in [1.165, 1.54) is 36.4 Å². The summed E-state index contributed by atoms with van der Waals surface area (Å²) in [7, 11) is -4.16. The fourth-order valence-electron chi connectivity index (χ4n) is 3.47. The first-order valence-corrected chi connectivity index (χ1v) is 12.0. The van der Waals surface area contributed by atoms with Crippen molar-refractivity contribution in [3.8, 4) is 11.5 Å². The van der Waals surface area contributed by atoms with Gasteiger partial charge >= 0.3 is 6.18 Å². The number of benzene rings is 3. The van der Waals surface area contributed by atoms with E-state index in [0.717, 1.165) is 16.4 Å². The lowest BCUT2D eigenvalue weighted by molar-refractivity contribution is -0.137. The summed E-state index contributed by atoms with van der Waals surface area (Å²) in [4.78, 5) is 12.7. The van der Waals surface area contributed by atoms with Crippen LogP contribution in [0.2, 0.25) is 0 Å². The van der Waals surface area contributed by atoms with Crippen molar-refractivity contribution >= 4 is 21.6 Å². The predicted molar refractivity (Wildman–Crippen MR) is 122 cm³/mol. The van der Waals surface area contributed by atoms with E-state index in [0.29, 0.717) is 24.7 Å². The first-order chi connectivity index (χ1) is 16.6. The maximum atomic E-state index is 13.4. The number of hydrogen-bond donors (Lipinski definition) is 1. The largest absolute Gasteiger partial charge is 0.486 e. The summed E-state index contributed by atoms with van der Waals surface area (Å²) in [6.45, 7) is -0.158. The Kier molecular flexibility index (Phi) is 6.88. The predicted octanol–water partition coefficient (Wildman–Crippen LogP) is 3.99. The van der Waals surface area contributed by atoms with Gasteiger partial charge in [-0.25, -0.2) is 8.42 Å². The van der Waals surface area contributed by atoms with Crippen molar-refractivity contribution < 1.29 is 35.9 Å². The number of alkyl halides is 3. The van der Waals surface area contributed by atoms with Crippen molar-refractivity contribution in [3.63, 3.8) is 0 Å². The van der Waals surface area contributed by atoms with Crippen LogP contribution < -0.4 is 19.1 Å². The van der Waals surface area contributed by atoms with Crippen LogP contribution in [-0.4, -0.2) is 34.1 Å². The number of nitrogens with one attached hydrogen (secondary N) is 1. The fourth-order valence-corrected chi connectivity index (χ4v) is 4.90. The third-order valence-electron chi connectivity index (χ3n) is 5.18. The Hall–Kier alpha value is -3.73. The second-order valence-corrected chi connectivity index (χ2v) is 9.49. The van der Waals surface area contributed by atoms with Gasteiger partial charge < -0.3 is 14.8 Å². The Balaban J connectivity index is 1.58. The van der Waals surface area contributed by atoms with Crippen LogP contribution in [0.25, 0.3) is 0 Å². The third kappa shape index (κ3) is 5.68. The highest BCUT2D eigenvalue weighted by molar-refractivity contribution is 7.92. The highest BCUT2D eigenvalue weighted by Gasteiger charge is 2.31. The number of sulfonamides is 1. The SMILES string of the molecule is O=C(CN(c1ccc2c(c1)OCCO2)S(=O)(=O)c1ccccc1)NCc1cccc(C(F)(F)F)c1. The van der Waals surface area contributed by atoms with Gasteiger partial charge in [-0.2, -0.15) is 13.2 Å². The number of nitrogens with zero attached hydrogens (tertiary/aromatic N) is 1. The lowest BCUT2D eigenvalue weighted by atomic mass is 10.1. The summed E-state index contributed by atoms with van der Waals surface area (Å²) >= 11 is 0. The molecule has 184 valence electrons. The standard InChI is InChI=1S/C24H21F3N2O5S/c25-24(26,27)18-6-4-5-17(13-18)15-28-23(30)16-29(35(31,32)20-7-2-1-3-8-20)19-9-10-21-22(14-19)34-12-11-33-21/h1-10,13-14H,11-12,15-16H2,(H,28,30). The van der Waals surface area contributed by atoms with Gasteiger partial charge in [-0.1, -0.05) is 30.3 Å². The first kappa shape index (κ1) is 24.4. The molecule has 0 unspecified atom stereocenters. The molecule has 3 aromatic carbocycles. The van der Waals surface area contributed by atoms with Gasteiger partial charge in [-0.05, 0) is 42.0 Å². The van der Waals surface area contributed by atoms with Crippen LogP contribution in [0.5, 0.6) is 11.5 Å². The van der Waals surface area contributed by atoms with E-state index in [1.54, 1.807) is 24.3 Å². The number of ether oxygens (including phenoxy) is 2. The molecule has 7 nitrogen and oxygen atoms in total. The van der Waals surface area contributed by atoms with Crippen molar-refractivity contribution in [1.29, 1.82) is 0 Å². The summed E-state index contributed by atoms with van der Waals surface area (Å²) in [5.74, 6) is 0.0919. The van der Waals surface area contributed by atoms with Crippen molar-refractivity contribution in [2.24, 2.45) is 0 Å². The van der Waals surface area contributed by atoms with Crippen LogP contribution in [0.3, 0.4) is 0 Å². The van der Waals surface area contributed by atoms with Crippen LogP contribution in [-0.2, 0) is 27.5 Å². The maximum absolute atomic E-state index is 13.4. The van der Waals surface area contributed by atoms with E-state index in [9.17, 15) is 26.4 Å². The van der Waals surface area contributed by atoms with Gasteiger partial charge in [0.05, 0.1) is 16.1 Å². The molecule has 1 aliphatic heterocycles. The summed E-state index contributed by atoms with van der Waals surface area (Å²) in [5, 5.41) is 2.50. The Morgan fingerprint density at radius 3 is 2.34 bits per heavy atom. The van der Waals surface area contributed by atoms with Crippen molar-refractivity contribution in [2.45, 2.75) is 17.6 Å². The number of carbonyl (C=O) groups is 1. The molecule has 3 aromatic rings. The Labute approximate surface area is 200 Å². The molecule has 0 fully saturated rings.